The van der Waals surface area contributed by atoms with Gasteiger partial charge in [-0.3, -0.25) is 4.79 Å². The minimum absolute atomic E-state index is 0.0964. The van der Waals surface area contributed by atoms with Crippen LogP contribution in [0.1, 0.15) is 58.8 Å². The third-order valence-electron chi connectivity index (χ3n) is 3.66. The van der Waals surface area contributed by atoms with Gasteiger partial charge < -0.3 is 15.7 Å². The van der Waals surface area contributed by atoms with Gasteiger partial charge in [0, 0.05) is 19.0 Å². The van der Waals surface area contributed by atoms with Crippen molar-refractivity contribution in [3.63, 3.8) is 0 Å². The molecule has 1 atom stereocenters. The molecule has 0 spiro atoms. The molecule has 0 radical (unpaired) electrons. The number of carboxylic acid groups (broad SMARTS) is 1. The summed E-state index contributed by atoms with van der Waals surface area (Å²) in [6.07, 6.45) is 5.81. The highest BCUT2D eigenvalue weighted by Gasteiger charge is 2.31. The van der Waals surface area contributed by atoms with E-state index in [1.165, 1.54) is 0 Å². The van der Waals surface area contributed by atoms with Crippen LogP contribution in [0.5, 0.6) is 0 Å². The Morgan fingerprint density at radius 2 is 2.00 bits per heavy atom. The zero-order valence-electron chi connectivity index (χ0n) is 12.0. The predicted molar refractivity (Wildman–Crippen MR) is 74.1 cm³/mol. The minimum atomic E-state index is -0.755. The van der Waals surface area contributed by atoms with Crippen LogP contribution in [0.2, 0.25) is 0 Å². The van der Waals surface area contributed by atoms with Gasteiger partial charge in [0.2, 0.25) is 0 Å². The first-order chi connectivity index (χ1) is 8.89. The molecule has 1 aliphatic carbocycles. The molecule has 0 aromatic carbocycles. The van der Waals surface area contributed by atoms with Gasteiger partial charge in [0.1, 0.15) is 0 Å². The van der Waals surface area contributed by atoms with Crippen LogP contribution in [-0.4, -0.2) is 29.7 Å². The second-order valence-corrected chi connectivity index (χ2v) is 6.21. The number of rotatable bonds is 7. The SMILES string of the molecule is CC1(C)CCC(NC(=O)NCCCCCC(=O)O)C1. The van der Waals surface area contributed by atoms with E-state index in [-0.39, 0.29) is 12.5 Å². The van der Waals surface area contributed by atoms with Crippen LogP contribution in [-0.2, 0) is 4.79 Å². The number of hydrogen-bond donors (Lipinski definition) is 3. The van der Waals surface area contributed by atoms with E-state index >= 15 is 0 Å². The number of aliphatic carboxylic acids is 1. The summed E-state index contributed by atoms with van der Waals surface area (Å²) in [6, 6.07) is 0.197. The van der Waals surface area contributed by atoms with Crippen LogP contribution < -0.4 is 10.6 Å². The number of nitrogens with one attached hydrogen (secondary N) is 2. The van der Waals surface area contributed by atoms with E-state index in [1.807, 2.05) is 0 Å². The van der Waals surface area contributed by atoms with E-state index in [1.54, 1.807) is 0 Å². The molecule has 1 unspecified atom stereocenters. The Morgan fingerprint density at radius 3 is 2.58 bits per heavy atom. The van der Waals surface area contributed by atoms with Crippen LogP contribution in [0, 0.1) is 5.41 Å². The largest absolute Gasteiger partial charge is 0.481 e. The topological polar surface area (TPSA) is 78.4 Å². The summed E-state index contributed by atoms with van der Waals surface area (Å²) in [5.41, 5.74) is 0.342. The van der Waals surface area contributed by atoms with Crippen LogP contribution in [0.3, 0.4) is 0 Å². The van der Waals surface area contributed by atoms with E-state index in [0.29, 0.717) is 24.4 Å². The molecular formula is C14H26N2O3. The van der Waals surface area contributed by atoms with Crippen molar-refractivity contribution in [1.82, 2.24) is 10.6 Å². The smallest absolute Gasteiger partial charge is 0.315 e. The van der Waals surface area contributed by atoms with Crippen molar-refractivity contribution < 1.29 is 14.7 Å². The Morgan fingerprint density at radius 1 is 1.26 bits per heavy atom. The molecule has 0 bridgehead atoms. The maximum atomic E-state index is 11.6. The van der Waals surface area contributed by atoms with Crippen LogP contribution in [0.15, 0.2) is 0 Å². The molecule has 1 rings (SSSR count). The molecule has 5 heteroatoms. The number of hydrogen-bond acceptors (Lipinski definition) is 2. The summed E-state index contributed by atoms with van der Waals surface area (Å²) < 4.78 is 0. The summed E-state index contributed by atoms with van der Waals surface area (Å²) in [5, 5.41) is 14.3. The Kier molecular flexibility index (Phi) is 6.12. The fourth-order valence-electron chi connectivity index (χ4n) is 2.58. The molecule has 0 saturated heterocycles. The monoisotopic (exact) mass is 270 g/mol. The van der Waals surface area contributed by atoms with Gasteiger partial charge in [-0.25, -0.2) is 4.79 Å². The molecule has 0 heterocycles. The number of urea groups is 1. The summed E-state index contributed by atoms with van der Waals surface area (Å²) in [6.45, 7) is 5.08. The number of carboxylic acids is 1. The zero-order chi connectivity index (χ0) is 14.3. The molecule has 1 saturated carbocycles. The summed E-state index contributed by atoms with van der Waals surface area (Å²) in [7, 11) is 0. The van der Waals surface area contributed by atoms with Crippen molar-refractivity contribution in [2.24, 2.45) is 5.41 Å². The number of carbonyl (C=O) groups excluding carboxylic acids is 1. The van der Waals surface area contributed by atoms with Gasteiger partial charge in [-0.2, -0.15) is 0 Å². The highest BCUT2D eigenvalue weighted by atomic mass is 16.4. The number of unbranched alkanes of at least 4 members (excludes halogenated alkanes) is 2. The summed E-state index contributed by atoms with van der Waals surface area (Å²) >= 11 is 0. The number of amides is 2. The first-order valence-electron chi connectivity index (χ1n) is 7.15. The first kappa shape index (κ1) is 15.8. The van der Waals surface area contributed by atoms with Gasteiger partial charge in [0.15, 0.2) is 0 Å². The lowest BCUT2D eigenvalue weighted by Gasteiger charge is -2.18. The van der Waals surface area contributed by atoms with Gasteiger partial charge in [-0.1, -0.05) is 20.3 Å². The first-order valence-corrected chi connectivity index (χ1v) is 7.15. The number of carbonyl (C=O) groups is 2. The van der Waals surface area contributed by atoms with E-state index in [2.05, 4.69) is 24.5 Å². The van der Waals surface area contributed by atoms with Crippen molar-refractivity contribution in [2.75, 3.05) is 6.54 Å². The van der Waals surface area contributed by atoms with Gasteiger partial charge >= 0.3 is 12.0 Å². The van der Waals surface area contributed by atoms with E-state index < -0.39 is 5.97 Å². The highest BCUT2D eigenvalue weighted by molar-refractivity contribution is 5.74. The lowest BCUT2D eigenvalue weighted by molar-refractivity contribution is -0.137. The quantitative estimate of drug-likeness (QED) is 0.622. The maximum Gasteiger partial charge on any atom is 0.315 e. The van der Waals surface area contributed by atoms with E-state index in [9.17, 15) is 9.59 Å². The molecule has 0 aliphatic heterocycles. The molecule has 5 nitrogen and oxygen atoms in total. The molecule has 1 aliphatic rings. The van der Waals surface area contributed by atoms with Gasteiger partial charge in [0.25, 0.3) is 0 Å². The minimum Gasteiger partial charge on any atom is -0.481 e. The second-order valence-electron chi connectivity index (χ2n) is 6.21. The Labute approximate surface area is 115 Å². The van der Waals surface area contributed by atoms with Crippen molar-refractivity contribution in [3.05, 3.63) is 0 Å². The standard InChI is InChI=1S/C14H26N2O3/c1-14(2)8-7-11(10-14)16-13(19)15-9-5-3-4-6-12(17)18/h11H,3-10H2,1-2H3,(H,17,18)(H2,15,16,19). The molecule has 2 amide bonds. The molecule has 0 aromatic rings. The maximum absolute atomic E-state index is 11.6. The normalized spacial score (nSPS) is 21.1. The second kappa shape index (κ2) is 7.36. The van der Waals surface area contributed by atoms with Crippen LogP contribution in [0.25, 0.3) is 0 Å². The van der Waals surface area contributed by atoms with Crippen molar-refractivity contribution in [3.8, 4) is 0 Å². The van der Waals surface area contributed by atoms with Crippen molar-refractivity contribution in [2.45, 2.75) is 64.8 Å². The van der Waals surface area contributed by atoms with Crippen molar-refractivity contribution >= 4 is 12.0 Å². The highest BCUT2D eigenvalue weighted by Crippen LogP contribution is 2.36. The molecular weight excluding hydrogens is 244 g/mol. The summed E-state index contributed by atoms with van der Waals surface area (Å²) in [4.78, 5) is 21.9. The Balaban J connectivity index is 2.01. The average molecular weight is 270 g/mol. The van der Waals surface area contributed by atoms with Crippen LogP contribution in [0.4, 0.5) is 4.79 Å². The average Bonchev–Trinajstić information content (AvgIpc) is 2.62. The Bertz CT molecular complexity index is 316. The summed E-state index contributed by atoms with van der Waals surface area (Å²) in [5.74, 6) is -0.755. The fourth-order valence-corrected chi connectivity index (χ4v) is 2.58. The van der Waals surface area contributed by atoms with Gasteiger partial charge in [-0.05, 0) is 37.5 Å². The van der Waals surface area contributed by atoms with E-state index in [0.717, 1.165) is 32.1 Å². The fraction of sp³-hybridized carbons (Fsp3) is 0.857. The van der Waals surface area contributed by atoms with Gasteiger partial charge in [-0.15, -0.1) is 0 Å². The molecule has 1 fully saturated rings. The molecule has 19 heavy (non-hydrogen) atoms. The molecule has 110 valence electrons. The third kappa shape index (κ3) is 7.03. The van der Waals surface area contributed by atoms with Crippen molar-refractivity contribution in [1.29, 1.82) is 0 Å². The third-order valence-corrected chi connectivity index (χ3v) is 3.66. The lowest BCUT2D eigenvalue weighted by atomic mass is 9.92. The predicted octanol–water partition coefficient (Wildman–Crippen LogP) is 2.51. The lowest BCUT2D eigenvalue weighted by Crippen LogP contribution is -2.41. The van der Waals surface area contributed by atoms with E-state index in [4.69, 9.17) is 5.11 Å². The molecule has 3 N–H and O–H groups in total. The van der Waals surface area contributed by atoms with Gasteiger partial charge in [0.05, 0.1) is 0 Å². The van der Waals surface area contributed by atoms with Crippen LogP contribution >= 0.6 is 0 Å². The Hall–Kier alpha value is -1.26. The molecule has 0 aromatic heterocycles. The zero-order valence-corrected chi connectivity index (χ0v) is 12.0.